The summed E-state index contributed by atoms with van der Waals surface area (Å²) in [6.45, 7) is 0. The minimum absolute atomic E-state index is 0.136. The Hall–Kier alpha value is -3.27. The summed E-state index contributed by atoms with van der Waals surface area (Å²) in [5, 5.41) is 2.09. The summed E-state index contributed by atoms with van der Waals surface area (Å²) in [7, 11) is 1.67. The Morgan fingerprint density at radius 2 is 1.48 bits per heavy atom. The summed E-state index contributed by atoms with van der Waals surface area (Å²) in [4.78, 5) is 4.93. The Labute approximate surface area is 147 Å². The molecule has 0 fully saturated rings. The molecule has 4 nitrogen and oxygen atoms in total. The monoisotopic (exact) mass is 329 g/mol. The highest BCUT2D eigenvalue weighted by Crippen LogP contribution is 2.31. The van der Waals surface area contributed by atoms with Gasteiger partial charge in [0.25, 0.3) is 0 Å². The minimum Gasteiger partial charge on any atom is -0.497 e. The van der Waals surface area contributed by atoms with E-state index < -0.39 is 0 Å². The van der Waals surface area contributed by atoms with Crippen molar-refractivity contribution in [3.05, 3.63) is 96.1 Å². The van der Waals surface area contributed by atoms with Crippen LogP contribution in [0.3, 0.4) is 0 Å². The van der Waals surface area contributed by atoms with E-state index in [0.29, 0.717) is 0 Å². The van der Waals surface area contributed by atoms with Crippen LogP contribution >= 0.6 is 0 Å². The molecule has 3 aromatic carbocycles. The number of nitrogens with one attached hydrogen (secondary N) is 1. The molecule has 1 unspecified atom stereocenters. The van der Waals surface area contributed by atoms with Crippen LogP contribution in [-0.2, 0) is 0 Å². The van der Waals surface area contributed by atoms with Gasteiger partial charge in [-0.25, -0.2) is 4.99 Å². The fourth-order valence-electron chi connectivity index (χ4n) is 2.91. The van der Waals surface area contributed by atoms with Crippen molar-refractivity contribution in [2.24, 2.45) is 4.99 Å². The molecule has 1 atom stereocenters. The molecule has 124 valence electrons. The van der Waals surface area contributed by atoms with Gasteiger partial charge in [-0.2, -0.15) is 0 Å². The number of anilines is 1. The molecule has 3 aromatic rings. The van der Waals surface area contributed by atoms with Gasteiger partial charge in [-0.15, -0.1) is 0 Å². The van der Waals surface area contributed by atoms with Gasteiger partial charge in [-0.05, 0) is 29.8 Å². The lowest BCUT2D eigenvalue weighted by Gasteiger charge is -2.25. The predicted molar refractivity (Wildman–Crippen MR) is 101 cm³/mol. The number of aliphatic imine (C=N–C) groups is 1. The van der Waals surface area contributed by atoms with Crippen LogP contribution in [0, 0.1) is 0 Å². The maximum atomic E-state index is 5.27. The maximum Gasteiger partial charge on any atom is 0.167 e. The highest BCUT2D eigenvalue weighted by atomic mass is 16.5. The molecular weight excluding hydrogens is 310 g/mol. The molecule has 0 aliphatic carbocycles. The normalized spacial score (nSPS) is 16.3. The average Bonchev–Trinajstić information content (AvgIpc) is 3.15. The summed E-state index contributed by atoms with van der Waals surface area (Å²) in [5.41, 5.74) is 6.69. The average molecular weight is 329 g/mol. The molecule has 4 rings (SSSR count). The highest BCUT2D eigenvalue weighted by Gasteiger charge is 2.28. The SMILES string of the molecule is COc1ccc(C2N=C(c3ccccc3)NN2c2ccccc2)cc1. The van der Waals surface area contributed by atoms with Crippen LogP contribution in [-0.4, -0.2) is 12.9 Å². The largest absolute Gasteiger partial charge is 0.497 e. The Morgan fingerprint density at radius 3 is 2.12 bits per heavy atom. The number of amidine groups is 1. The smallest absolute Gasteiger partial charge is 0.167 e. The number of nitrogens with zero attached hydrogens (tertiary/aromatic N) is 2. The zero-order valence-corrected chi connectivity index (χ0v) is 14.0. The summed E-state index contributed by atoms with van der Waals surface area (Å²) in [5.74, 6) is 1.71. The second-order valence-corrected chi connectivity index (χ2v) is 5.81. The van der Waals surface area contributed by atoms with Crippen molar-refractivity contribution >= 4 is 11.5 Å². The van der Waals surface area contributed by atoms with Crippen molar-refractivity contribution < 1.29 is 4.74 Å². The van der Waals surface area contributed by atoms with Gasteiger partial charge in [0.1, 0.15) is 11.6 Å². The van der Waals surface area contributed by atoms with Crippen LogP contribution in [0.1, 0.15) is 17.3 Å². The lowest BCUT2D eigenvalue weighted by Crippen LogP contribution is -2.37. The van der Waals surface area contributed by atoms with Crippen LogP contribution < -0.4 is 15.2 Å². The van der Waals surface area contributed by atoms with Crippen molar-refractivity contribution in [3.8, 4) is 5.75 Å². The number of hydrogen-bond acceptors (Lipinski definition) is 4. The van der Waals surface area contributed by atoms with Gasteiger partial charge in [0.05, 0.1) is 12.8 Å². The summed E-state index contributed by atoms with van der Waals surface area (Å²) < 4.78 is 5.27. The topological polar surface area (TPSA) is 36.9 Å². The zero-order valence-electron chi connectivity index (χ0n) is 14.0. The Bertz CT molecular complexity index is 861. The first-order chi connectivity index (χ1) is 12.3. The molecule has 0 saturated heterocycles. The second kappa shape index (κ2) is 6.69. The fraction of sp³-hybridized carbons (Fsp3) is 0.0952. The Kier molecular flexibility index (Phi) is 4.09. The first kappa shape index (κ1) is 15.3. The molecule has 0 aromatic heterocycles. The predicted octanol–water partition coefficient (Wildman–Crippen LogP) is 4.17. The van der Waals surface area contributed by atoms with E-state index in [-0.39, 0.29) is 6.17 Å². The van der Waals surface area contributed by atoms with E-state index in [1.54, 1.807) is 7.11 Å². The molecule has 4 heteroatoms. The number of hydrazine groups is 1. The van der Waals surface area contributed by atoms with E-state index in [1.807, 2.05) is 48.5 Å². The van der Waals surface area contributed by atoms with Gasteiger partial charge in [0.15, 0.2) is 6.17 Å². The number of para-hydroxylation sites is 1. The second-order valence-electron chi connectivity index (χ2n) is 5.81. The molecule has 0 bridgehead atoms. The molecule has 0 spiro atoms. The molecule has 1 aliphatic heterocycles. The van der Waals surface area contributed by atoms with E-state index in [2.05, 4.69) is 46.8 Å². The van der Waals surface area contributed by atoms with Crippen molar-refractivity contribution in [1.82, 2.24) is 5.43 Å². The third kappa shape index (κ3) is 3.06. The molecule has 0 saturated carbocycles. The van der Waals surface area contributed by atoms with Crippen molar-refractivity contribution in [3.63, 3.8) is 0 Å². The maximum absolute atomic E-state index is 5.27. The summed E-state index contributed by atoms with van der Waals surface area (Å²) >= 11 is 0. The third-order valence-corrected chi connectivity index (χ3v) is 4.22. The van der Waals surface area contributed by atoms with E-state index in [4.69, 9.17) is 9.73 Å². The van der Waals surface area contributed by atoms with Crippen molar-refractivity contribution in [1.29, 1.82) is 0 Å². The number of hydrogen-bond donors (Lipinski definition) is 1. The van der Waals surface area contributed by atoms with E-state index >= 15 is 0 Å². The first-order valence-corrected chi connectivity index (χ1v) is 8.23. The number of ether oxygens (including phenoxy) is 1. The lowest BCUT2D eigenvalue weighted by atomic mass is 10.1. The molecule has 0 amide bonds. The fourth-order valence-corrected chi connectivity index (χ4v) is 2.91. The van der Waals surface area contributed by atoms with E-state index in [9.17, 15) is 0 Å². The molecular formula is C21H19N3O. The quantitative estimate of drug-likeness (QED) is 0.781. The van der Waals surface area contributed by atoms with Crippen LogP contribution in [0.4, 0.5) is 5.69 Å². The van der Waals surface area contributed by atoms with Crippen molar-refractivity contribution in [2.45, 2.75) is 6.17 Å². The molecule has 1 aliphatic rings. The highest BCUT2D eigenvalue weighted by molar-refractivity contribution is 6.01. The van der Waals surface area contributed by atoms with Gasteiger partial charge in [-0.1, -0.05) is 60.7 Å². The van der Waals surface area contributed by atoms with Crippen molar-refractivity contribution in [2.75, 3.05) is 12.1 Å². The van der Waals surface area contributed by atoms with Crippen LogP contribution in [0.2, 0.25) is 0 Å². The van der Waals surface area contributed by atoms with E-state index in [0.717, 1.165) is 28.4 Å². The van der Waals surface area contributed by atoms with E-state index in [1.165, 1.54) is 0 Å². The standard InChI is InChI=1S/C21H19N3O/c1-25-19-14-12-17(13-15-19)21-22-20(16-8-4-2-5-9-16)23-24(21)18-10-6-3-7-11-18/h2-15,21H,1H3,(H,22,23). The van der Waals surface area contributed by atoms with Crippen LogP contribution in [0.5, 0.6) is 5.75 Å². The molecule has 1 heterocycles. The Morgan fingerprint density at radius 1 is 0.840 bits per heavy atom. The molecule has 1 N–H and O–H groups in total. The summed E-state index contributed by atoms with van der Waals surface area (Å²) in [6, 6.07) is 28.4. The van der Waals surface area contributed by atoms with Gasteiger partial charge < -0.3 is 4.74 Å². The first-order valence-electron chi connectivity index (χ1n) is 8.23. The zero-order chi connectivity index (χ0) is 17.1. The van der Waals surface area contributed by atoms with Crippen LogP contribution in [0.25, 0.3) is 0 Å². The number of methoxy groups -OCH3 is 1. The lowest BCUT2D eigenvalue weighted by molar-refractivity contribution is 0.414. The Balaban J connectivity index is 1.73. The minimum atomic E-state index is -0.136. The van der Waals surface area contributed by atoms with Crippen LogP contribution in [0.15, 0.2) is 89.9 Å². The summed E-state index contributed by atoms with van der Waals surface area (Å²) in [6.07, 6.45) is -0.136. The third-order valence-electron chi connectivity index (χ3n) is 4.22. The van der Waals surface area contributed by atoms with Gasteiger partial charge >= 0.3 is 0 Å². The number of rotatable bonds is 4. The molecule has 0 radical (unpaired) electrons. The number of benzene rings is 3. The van der Waals surface area contributed by atoms with Gasteiger partial charge in [-0.3, -0.25) is 10.4 Å². The van der Waals surface area contributed by atoms with Gasteiger partial charge in [0, 0.05) is 5.56 Å². The molecule has 25 heavy (non-hydrogen) atoms. The van der Waals surface area contributed by atoms with Gasteiger partial charge in [0.2, 0.25) is 0 Å².